The molecule has 0 spiro atoms. The molecule has 1 aromatic heterocycles. The van der Waals surface area contributed by atoms with Crippen molar-refractivity contribution in [1.29, 1.82) is 0 Å². The number of esters is 1. The summed E-state index contributed by atoms with van der Waals surface area (Å²) in [7, 11) is 3.88. The Balaban J connectivity index is 1.55. The van der Waals surface area contributed by atoms with Crippen LogP contribution in [-0.4, -0.2) is 37.6 Å². The van der Waals surface area contributed by atoms with Crippen LogP contribution in [0, 0.1) is 0 Å². The number of anilines is 2. The number of rotatable bonds is 5. The first kappa shape index (κ1) is 16.9. The fourth-order valence-corrected chi connectivity index (χ4v) is 2.95. The Labute approximate surface area is 149 Å². The quantitative estimate of drug-likeness (QED) is 0.712. The fourth-order valence-electron chi connectivity index (χ4n) is 2.24. The molecular weight excluding hydrogens is 338 g/mol. The van der Waals surface area contributed by atoms with Gasteiger partial charge in [-0.05, 0) is 42.5 Å². The average molecular weight is 355 g/mol. The van der Waals surface area contributed by atoms with Gasteiger partial charge in [-0.25, -0.2) is 9.78 Å². The van der Waals surface area contributed by atoms with Crippen molar-refractivity contribution >= 4 is 44.8 Å². The molecule has 6 nitrogen and oxygen atoms in total. The topological polar surface area (TPSA) is 71.5 Å². The molecular formula is C18H17N3O3S. The van der Waals surface area contributed by atoms with Crippen LogP contribution >= 0.6 is 11.3 Å². The molecule has 7 heteroatoms. The number of aromatic nitrogens is 1. The first-order valence-electron chi connectivity index (χ1n) is 7.60. The molecule has 2 aromatic carbocycles. The SMILES string of the molecule is CN(C)c1ccc(NC(=O)COC(=O)c2ccc3ncsc3c2)cc1. The maximum absolute atomic E-state index is 12.1. The number of hydrogen-bond acceptors (Lipinski definition) is 6. The maximum atomic E-state index is 12.1. The summed E-state index contributed by atoms with van der Waals surface area (Å²) in [6.07, 6.45) is 0. The van der Waals surface area contributed by atoms with E-state index in [1.54, 1.807) is 35.8 Å². The number of fused-ring (bicyclic) bond motifs is 1. The van der Waals surface area contributed by atoms with Crippen LogP contribution in [-0.2, 0) is 9.53 Å². The van der Waals surface area contributed by atoms with Crippen molar-refractivity contribution in [2.45, 2.75) is 0 Å². The van der Waals surface area contributed by atoms with Gasteiger partial charge in [0.1, 0.15) is 0 Å². The standard InChI is InChI=1S/C18H17N3O3S/c1-21(2)14-6-4-13(5-7-14)20-17(22)10-24-18(23)12-3-8-15-16(9-12)25-11-19-15/h3-9,11H,10H2,1-2H3,(H,20,22). The van der Waals surface area contributed by atoms with Gasteiger partial charge in [0.2, 0.25) is 0 Å². The number of carbonyl (C=O) groups excluding carboxylic acids is 2. The van der Waals surface area contributed by atoms with Gasteiger partial charge >= 0.3 is 5.97 Å². The molecule has 0 radical (unpaired) electrons. The van der Waals surface area contributed by atoms with E-state index in [1.807, 2.05) is 31.1 Å². The van der Waals surface area contributed by atoms with E-state index in [4.69, 9.17) is 4.74 Å². The summed E-state index contributed by atoms with van der Waals surface area (Å²) in [5.74, 6) is -0.918. The zero-order valence-corrected chi connectivity index (χ0v) is 14.7. The Hall–Kier alpha value is -2.93. The number of amides is 1. The van der Waals surface area contributed by atoms with E-state index in [0.717, 1.165) is 15.9 Å². The van der Waals surface area contributed by atoms with Crippen molar-refractivity contribution in [3.63, 3.8) is 0 Å². The number of nitrogens with one attached hydrogen (secondary N) is 1. The molecule has 128 valence electrons. The van der Waals surface area contributed by atoms with E-state index in [1.165, 1.54) is 11.3 Å². The molecule has 3 aromatic rings. The summed E-state index contributed by atoms with van der Waals surface area (Å²) in [6, 6.07) is 12.5. The highest BCUT2D eigenvalue weighted by Crippen LogP contribution is 2.19. The Kier molecular flexibility index (Phi) is 4.95. The van der Waals surface area contributed by atoms with Crippen molar-refractivity contribution in [2.75, 3.05) is 30.9 Å². The van der Waals surface area contributed by atoms with E-state index in [-0.39, 0.29) is 12.5 Å². The third-order valence-electron chi connectivity index (χ3n) is 3.57. The Morgan fingerprint density at radius 1 is 1.16 bits per heavy atom. The molecule has 0 bridgehead atoms. The highest BCUT2D eigenvalue weighted by Gasteiger charge is 2.12. The lowest BCUT2D eigenvalue weighted by Gasteiger charge is -2.13. The van der Waals surface area contributed by atoms with Gasteiger partial charge in [0, 0.05) is 25.5 Å². The van der Waals surface area contributed by atoms with Gasteiger partial charge < -0.3 is 15.0 Å². The van der Waals surface area contributed by atoms with Crippen LogP contribution in [0.5, 0.6) is 0 Å². The van der Waals surface area contributed by atoms with E-state index in [0.29, 0.717) is 11.3 Å². The monoisotopic (exact) mass is 355 g/mol. The van der Waals surface area contributed by atoms with Gasteiger partial charge in [-0.1, -0.05) is 0 Å². The van der Waals surface area contributed by atoms with Gasteiger partial charge in [-0.3, -0.25) is 4.79 Å². The highest BCUT2D eigenvalue weighted by molar-refractivity contribution is 7.16. The smallest absolute Gasteiger partial charge is 0.338 e. The first-order valence-corrected chi connectivity index (χ1v) is 8.48. The van der Waals surface area contributed by atoms with Crippen molar-refractivity contribution in [3.05, 3.63) is 53.5 Å². The summed E-state index contributed by atoms with van der Waals surface area (Å²) in [4.78, 5) is 30.1. The predicted octanol–water partition coefficient (Wildman–Crippen LogP) is 3.16. The second kappa shape index (κ2) is 7.31. The highest BCUT2D eigenvalue weighted by atomic mass is 32.1. The van der Waals surface area contributed by atoms with Crippen molar-refractivity contribution < 1.29 is 14.3 Å². The zero-order chi connectivity index (χ0) is 17.8. The molecule has 25 heavy (non-hydrogen) atoms. The second-order valence-electron chi connectivity index (χ2n) is 5.60. The van der Waals surface area contributed by atoms with Gasteiger partial charge in [-0.2, -0.15) is 0 Å². The maximum Gasteiger partial charge on any atom is 0.338 e. The number of thiazole rings is 1. The summed E-state index contributed by atoms with van der Waals surface area (Å²) in [5.41, 5.74) is 4.63. The van der Waals surface area contributed by atoms with Gasteiger partial charge in [0.05, 0.1) is 21.3 Å². The second-order valence-corrected chi connectivity index (χ2v) is 6.49. The minimum atomic E-state index is -0.534. The Morgan fingerprint density at radius 3 is 2.64 bits per heavy atom. The summed E-state index contributed by atoms with van der Waals surface area (Å²) in [6.45, 7) is -0.338. The van der Waals surface area contributed by atoms with E-state index >= 15 is 0 Å². The van der Waals surface area contributed by atoms with Gasteiger partial charge in [0.25, 0.3) is 5.91 Å². The lowest BCUT2D eigenvalue weighted by Crippen LogP contribution is -2.21. The third kappa shape index (κ3) is 4.13. The predicted molar refractivity (Wildman–Crippen MR) is 99.3 cm³/mol. The largest absolute Gasteiger partial charge is 0.452 e. The number of ether oxygens (including phenoxy) is 1. The van der Waals surface area contributed by atoms with Crippen molar-refractivity contribution in [1.82, 2.24) is 4.98 Å². The molecule has 3 rings (SSSR count). The van der Waals surface area contributed by atoms with Crippen LogP contribution in [0.4, 0.5) is 11.4 Å². The summed E-state index contributed by atoms with van der Waals surface area (Å²) < 4.78 is 5.98. The number of carbonyl (C=O) groups is 2. The van der Waals surface area contributed by atoms with Crippen LogP contribution in [0.25, 0.3) is 10.2 Å². The molecule has 0 aliphatic rings. The molecule has 0 saturated heterocycles. The van der Waals surface area contributed by atoms with Crippen LogP contribution in [0.2, 0.25) is 0 Å². The van der Waals surface area contributed by atoms with Gasteiger partial charge in [-0.15, -0.1) is 11.3 Å². The Morgan fingerprint density at radius 2 is 1.92 bits per heavy atom. The van der Waals surface area contributed by atoms with E-state index in [2.05, 4.69) is 10.3 Å². The third-order valence-corrected chi connectivity index (χ3v) is 4.36. The van der Waals surface area contributed by atoms with Crippen LogP contribution in [0.3, 0.4) is 0 Å². The van der Waals surface area contributed by atoms with Crippen molar-refractivity contribution in [2.24, 2.45) is 0 Å². The molecule has 1 N–H and O–H groups in total. The zero-order valence-electron chi connectivity index (χ0n) is 13.9. The van der Waals surface area contributed by atoms with E-state index < -0.39 is 5.97 Å². The fraction of sp³-hybridized carbons (Fsp3) is 0.167. The van der Waals surface area contributed by atoms with Crippen LogP contribution in [0.15, 0.2) is 48.0 Å². The molecule has 1 heterocycles. The number of nitrogens with zero attached hydrogens (tertiary/aromatic N) is 2. The molecule has 0 atom stereocenters. The van der Waals surface area contributed by atoms with Gasteiger partial charge in [0.15, 0.2) is 6.61 Å². The summed E-state index contributed by atoms with van der Waals surface area (Å²) >= 11 is 1.45. The molecule has 0 unspecified atom stereocenters. The Bertz CT molecular complexity index is 903. The normalized spacial score (nSPS) is 10.5. The van der Waals surface area contributed by atoms with Crippen LogP contribution in [0.1, 0.15) is 10.4 Å². The molecule has 0 fully saturated rings. The molecule has 0 aliphatic carbocycles. The minimum Gasteiger partial charge on any atom is -0.452 e. The summed E-state index contributed by atoms with van der Waals surface area (Å²) in [5, 5.41) is 2.70. The lowest BCUT2D eigenvalue weighted by molar-refractivity contribution is -0.119. The number of benzene rings is 2. The number of hydrogen-bond donors (Lipinski definition) is 1. The molecule has 1 amide bonds. The average Bonchev–Trinajstić information content (AvgIpc) is 3.07. The van der Waals surface area contributed by atoms with Crippen molar-refractivity contribution in [3.8, 4) is 0 Å². The van der Waals surface area contributed by atoms with E-state index in [9.17, 15) is 9.59 Å². The molecule has 0 aliphatic heterocycles. The van der Waals surface area contributed by atoms with Crippen LogP contribution < -0.4 is 10.2 Å². The lowest BCUT2D eigenvalue weighted by atomic mass is 10.2. The minimum absolute atomic E-state index is 0.338. The first-order chi connectivity index (χ1) is 12.0. The molecule has 0 saturated carbocycles.